The van der Waals surface area contributed by atoms with E-state index in [0.29, 0.717) is 17.4 Å². The quantitative estimate of drug-likeness (QED) is 0.796. The van der Waals surface area contributed by atoms with E-state index in [1.165, 1.54) is 37.7 Å². The van der Waals surface area contributed by atoms with Crippen molar-refractivity contribution in [2.45, 2.75) is 44.1 Å². The lowest BCUT2D eigenvalue weighted by Gasteiger charge is -2.48. The smallest absolute Gasteiger partial charge is 0.217 e. The molecular formula is C19H18N2O2. The average molecular weight is 306 g/mol. The SMILES string of the molecule is N#Cc1ccc(-c2cnc3c(c2)C[C@@]2(CC4CCC2CC4)O3)o1. The van der Waals surface area contributed by atoms with Gasteiger partial charge in [-0.25, -0.2) is 4.98 Å². The molecule has 2 aromatic rings. The number of rotatable bonds is 1. The largest absolute Gasteiger partial charge is 0.470 e. The molecule has 0 amide bonds. The fourth-order valence-corrected chi connectivity index (χ4v) is 4.84. The minimum absolute atomic E-state index is 0.00387. The molecule has 116 valence electrons. The van der Waals surface area contributed by atoms with E-state index in [2.05, 4.69) is 11.1 Å². The summed E-state index contributed by atoms with van der Waals surface area (Å²) in [6, 6.07) is 7.67. The van der Waals surface area contributed by atoms with Gasteiger partial charge in [0.2, 0.25) is 11.6 Å². The van der Waals surface area contributed by atoms with Crippen molar-refractivity contribution < 1.29 is 9.15 Å². The highest BCUT2D eigenvalue weighted by Crippen LogP contribution is 2.54. The Morgan fingerprint density at radius 1 is 1.22 bits per heavy atom. The summed E-state index contributed by atoms with van der Waals surface area (Å²) < 4.78 is 11.9. The number of furan rings is 1. The van der Waals surface area contributed by atoms with Crippen molar-refractivity contribution in [3.05, 3.63) is 35.7 Å². The zero-order valence-corrected chi connectivity index (χ0v) is 12.9. The Labute approximate surface area is 135 Å². The zero-order valence-electron chi connectivity index (χ0n) is 12.9. The molecule has 4 nitrogen and oxygen atoms in total. The lowest BCUT2D eigenvalue weighted by Crippen LogP contribution is -2.50. The van der Waals surface area contributed by atoms with Gasteiger partial charge in [0.15, 0.2) is 0 Å². The van der Waals surface area contributed by atoms with Crippen LogP contribution in [0.1, 0.15) is 43.4 Å². The van der Waals surface area contributed by atoms with Gasteiger partial charge in [0, 0.05) is 23.7 Å². The molecule has 0 unspecified atom stereocenters. The summed E-state index contributed by atoms with van der Waals surface area (Å²) in [5.74, 6) is 3.34. The van der Waals surface area contributed by atoms with Crippen molar-refractivity contribution in [2.24, 2.45) is 11.8 Å². The first-order valence-electron chi connectivity index (χ1n) is 8.44. The Morgan fingerprint density at radius 2 is 2.09 bits per heavy atom. The van der Waals surface area contributed by atoms with E-state index < -0.39 is 0 Å². The zero-order chi connectivity index (χ0) is 15.4. The number of nitriles is 1. The first-order valence-corrected chi connectivity index (χ1v) is 8.44. The summed E-state index contributed by atoms with van der Waals surface area (Å²) in [5.41, 5.74) is 2.10. The van der Waals surface area contributed by atoms with Crippen molar-refractivity contribution in [3.8, 4) is 23.3 Å². The minimum Gasteiger partial charge on any atom is -0.470 e. The van der Waals surface area contributed by atoms with E-state index in [1.54, 1.807) is 12.3 Å². The third-order valence-corrected chi connectivity index (χ3v) is 5.94. The molecule has 1 spiro atoms. The molecule has 1 atom stereocenters. The Hall–Kier alpha value is -2.28. The van der Waals surface area contributed by atoms with Gasteiger partial charge in [0.1, 0.15) is 17.4 Å². The summed E-state index contributed by atoms with van der Waals surface area (Å²) in [7, 11) is 0. The number of ether oxygens (including phenoxy) is 1. The standard InChI is InChI=1S/C19H18N2O2/c20-10-16-5-6-17(22-16)14-7-13-9-19(23-18(13)21-11-14)8-12-1-3-15(19)4-2-12/h5-7,11-12,15H,1-4,8-9H2/t12?,15?,19-/m1/s1. The number of hydrogen-bond donors (Lipinski definition) is 0. The van der Waals surface area contributed by atoms with Gasteiger partial charge >= 0.3 is 0 Å². The molecule has 4 heteroatoms. The van der Waals surface area contributed by atoms with Gasteiger partial charge in [-0.2, -0.15) is 5.26 Å². The number of aromatic nitrogens is 1. The van der Waals surface area contributed by atoms with E-state index in [0.717, 1.165) is 23.8 Å². The molecule has 2 bridgehead atoms. The predicted molar refractivity (Wildman–Crippen MR) is 83.8 cm³/mol. The second-order valence-electron chi connectivity index (χ2n) is 7.23. The number of fused-ring (bicyclic) bond motifs is 3. The summed E-state index contributed by atoms with van der Waals surface area (Å²) in [6.07, 6.45) is 9.28. The molecule has 3 fully saturated rings. The second-order valence-corrected chi connectivity index (χ2v) is 7.23. The number of pyridine rings is 1. The average Bonchev–Trinajstić information content (AvgIpc) is 3.19. The van der Waals surface area contributed by atoms with Gasteiger partial charge in [0.25, 0.3) is 0 Å². The fraction of sp³-hybridized carbons (Fsp3) is 0.474. The third kappa shape index (κ3) is 1.92. The predicted octanol–water partition coefficient (Wildman–Crippen LogP) is 4.10. The molecule has 0 N–H and O–H groups in total. The minimum atomic E-state index is -0.00387. The third-order valence-electron chi connectivity index (χ3n) is 5.94. The van der Waals surface area contributed by atoms with Gasteiger partial charge in [-0.1, -0.05) is 0 Å². The van der Waals surface area contributed by atoms with E-state index in [1.807, 2.05) is 12.1 Å². The summed E-state index contributed by atoms with van der Waals surface area (Å²) in [6.45, 7) is 0. The van der Waals surface area contributed by atoms with E-state index >= 15 is 0 Å². The van der Waals surface area contributed by atoms with Crippen molar-refractivity contribution in [3.63, 3.8) is 0 Å². The molecule has 0 aromatic carbocycles. The van der Waals surface area contributed by atoms with Crippen LogP contribution in [0.3, 0.4) is 0 Å². The molecule has 1 aliphatic heterocycles. The van der Waals surface area contributed by atoms with Crippen LogP contribution in [-0.2, 0) is 6.42 Å². The van der Waals surface area contributed by atoms with Crippen LogP contribution in [0.15, 0.2) is 28.8 Å². The maximum absolute atomic E-state index is 8.90. The molecular weight excluding hydrogens is 288 g/mol. The van der Waals surface area contributed by atoms with E-state index in [-0.39, 0.29) is 5.60 Å². The Balaban J connectivity index is 1.48. The molecule has 0 saturated heterocycles. The normalized spacial score (nSPS) is 30.9. The summed E-state index contributed by atoms with van der Waals surface area (Å²) in [5, 5.41) is 8.90. The highest BCUT2D eigenvalue weighted by atomic mass is 16.5. The van der Waals surface area contributed by atoms with Gasteiger partial charge < -0.3 is 9.15 Å². The van der Waals surface area contributed by atoms with Gasteiger partial charge in [0.05, 0.1) is 0 Å². The maximum atomic E-state index is 8.90. The molecule has 23 heavy (non-hydrogen) atoms. The maximum Gasteiger partial charge on any atom is 0.217 e. The van der Waals surface area contributed by atoms with Crippen LogP contribution in [0.4, 0.5) is 0 Å². The van der Waals surface area contributed by atoms with Crippen molar-refractivity contribution in [2.75, 3.05) is 0 Å². The van der Waals surface area contributed by atoms with Crippen LogP contribution >= 0.6 is 0 Å². The van der Waals surface area contributed by atoms with Crippen LogP contribution in [0.5, 0.6) is 5.88 Å². The molecule has 0 radical (unpaired) electrons. The van der Waals surface area contributed by atoms with Crippen LogP contribution in [-0.4, -0.2) is 10.6 Å². The summed E-state index contributed by atoms with van der Waals surface area (Å²) >= 11 is 0. The summed E-state index contributed by atoms with van der Waals surface area (Å²) in [4.78, 5) is 4.54. The number of nitrogens with zero attached hydrogens (tertiary/aromatic N) is 2. The van der Waals surface area contributed by atoms with Crippen LogP contribution < -0.4 is 4.74 Å². The van der Waals surface area contributed by atoms with Crippen molar-refractivity contribution >= 4 is 0 Å². The van der Waals surface area contributed by atoms with Gasteiger partial charge in [-0.3, -0.25) is 0 Å². The Morgan fingerprint density at radius 3 is 2.78 bits per heavy atom. The van der Waals surface area contributed by atoms with Crippen LogP contribution in [0, 0.1) is 23.2 Å². The van der Waals surface area contributed by atoms with Crippen LogP contribution in [0.25, 0.3) is 11.3 Å². The Bertz CT molecular complexity index is 811. The van der Waals surface area contributed by atoms with Gasteiger partial charge in [-0.05, 0) is 62.1 Å². The first-order chi connectivity index (χ1) is 11.3. The monoisotopic (exact) mass is 306 g/mol. The van der Waals surface area contributed by atoms with Crippen molar-refractivity contribution in [1.82, 2.24) is 4.98 Å². The topological polar surface area (TPSA) is 59.0 Å². The molecule has 6 rings (SSSR count). The highest BCUT2D eigenvalue weighted by Gasteiger charge is 2.52. The van der Waals surface area contributed by atoms with E-state index in [4.69, 9.17) is 14.4 Å². The first kappa shape index (κ1) is 13.2. The second kappa shape index (κ2) is 4.61. The molecule has 3 aliphatic carbocycles. The van der Waals surface area contributed by atoms with Gasteiger partial charge in [-0.15, -0.1) is 0 Å². The molecule has 4 aliphatic rings. The lowest BCUT2D eigenvalue weighted by molar-refractivity contribution is -0.0637. The lowest BCUT2D eigenvalue weighted by atomic mass is 9.61. The Kier molecular flexibility index (Phi) is 2.64. The van der Waals surface area contributed by atoms with E-state index in [9.17, 15) is 0 Å². The highest BCUT2D eigenvalue weighted by molar-refractivity contribution is 5.60. The molecule has 3 heterocycles. The molecule has 3 saturated carbocycles. The van der Waals surface area contributed by atoms with Crippen molar-refractivity contribution in [1.29, 1.82) is 5.26 Å². The van der Waals surface area contributed by atoms with Crippen LogP contribution in [0.2, 0.25) is 0 Å². The molecule has 2 aromatic heterocycles. The fourth-order valence-electron chi connectivity index (χ4n) is 4.84. The number of hydrogen-bond acceptors (Lipinski definition) is 4.